The Morgan fingerprint density at radius 2 is 2.12 bits per heavy atom. The van der Waals surface area contributed by atoms with E-state index in [1.807, 2.05) is 0 Å². The molecule has 0 aromatic rings. The van der Waals surface area contributed by atoms with Crippen LogP contribution in [0.25, 0.3) is 0 Å². The molecule has 1 saturated heterocycles. The molecule has 2 nitrogen and oxygen atoms in total. The monoisotopic (exact) mass is 238 g/mol. The molecular weight excluding hydrogens is 208 g/mol. The Balaban J connectivity index is 1.71. The minimum absolute atomic E-state index is 0.566. The lowest BCUT2D eigenvalue weighted by atomic mass is 9.93. The van der Waals surface area contributed by atoms with Gasteiger partial charge in [-0.25, -0.2) is 0 Å². The van der Waals surface area contributed by atoms with Gasteiger partial charge < -0.3 is 10.2 Å². The molecule has 2 unspecified atom stereocenters. The second kappa shape index (κ2) is 5.71. The predicted molar refractivity (Wildman–Crippen MR) is 74.3 cm³/mol. The fourth-order valence-electron chi connectivity index (χ4n) is 3.68. The van der Waals surface area contributed by atoms with Crippen molar-refractivity contribution in [2.24, 2.45) is 11.3 Å². The van der Waals surface area contributed by atoms with E-state index in [1.165, 1.54) is 51.7 Å². The maximum atomic E-state index is 3.67. The minimum Gasteiger partial charge on any atom is -0.314 e. The molecule has 100 valence electrons. The van der Waals surface area contributed by atoms with E-state index < -0.39 is 0 Å². The Kier molecular flexibility index (Phi) is 4.48. The minimum atomic E-state index is 0.566. The van der Waals surface area contributed by atoms with Gasteiger partial charge in [0.05, 0.1) is 0 Å². The maximum Gasteiger partial charge on any atom is 0.00956 e. The van der Waals surface area contributed by atoms with Crippen molar-refractivity contribution in [3.8, 4) is 0 Å². The van der Waals surface area contributed by atoms with Crippen molar-refractivity contribution < 1.29 is 0 Å². The smallest absolute Gasteiger partial charge is 0.00956 e. The van der Waals surface area contributed by atoms with Gasteiger partial charge in [0.1, 0.15) is 0 Å². The summed E-state index contributed by atoms with van der Waals surface area (Å²) in [5.74, 6) is 0.943. The fourth-order valence-corrected chi connectivity index (χ4v) is 3.68. The summed E-state index contributed by atoms with van der Waals surface area (Å²) in [5, 5.41) is 3.67. The van der Waals surface area contributed by atoms with E-state index in [0.717, 1.165) is 18.5 Å². The maximum absolute atomic E-state index is 3.67. The lowest BCUT2D eigenvalue weighted by Crippen LogP contribution is -2.34. The molecule has 0 amide bonds. The molecule has 2 fully saturated rings. The van der Waals surface area contributed by atoms with Crippen molar-refractivity contribution in [1.29, 1.82) is 0 Å². The number of hydrogen-bond donors (Lipinski definition) is 1. The Morgan fingerprint density at radius 1 is 1.29 bits per heavy atom. The van der Waals surface area contributed by atoms with Crippen molar-refractivity contribution in [2.75, 3.05) is 26.2 Å². The highest BCUT2D eigenvalue weighted by Gasteiger charge is 2.31. The second-order valence-electron chi connectivity index (χ2n) is 6.83. The van der Waals surface area contributed by atoms with Gasteiger partial charge in [0.25, 0.3) is 0 Å². The quantitative estimate of drug-likeness (QED) is 0.792. The first-order chi connectivity index (χ1) is 8.11. The zero-order valence-corrected chi connectivity index (χ0v) is 12.0. The molecule has 1 saturated carbocycles. The van der Waals surface area contributed by atoms with E-state index in [9.17, 15) is 0 Å². The van der Waals surface area contributed by atoms with Gasteiger partial charge in [0.15, 0.2) is 0 Å². The number of likely N-dealkylation sites (tertiary alicyclic amines) is 1. The molecule has 2 rings (SSSR count). The average Bonchev–Trinajstić information content (AvgIpc) is 2.83. The van der Waals surface area contributed by atoms with Gasteiger partial charge in [0.2, 0.25) is 0 Å². The number of hydrogen-bond acceptors (Lipinski definition) is 2. The van der Waals surface area contributed by atoms with Crippen LogP contribution in [0.2, 0.25) is 0 Å². The first-order valence-corrected chi connectivity index (χ1v) is 7.56. The van der Waals surface area contributed by atoms with Gasteiger partial charge in [-0.05, 0) is 56.7 Å². The number of rotatable bonds is 5. The molecular formula is C15H30N2. The van der Waals surface area contributed by atoms with Crippen LogP contribution in [0.3, 0.4) is 0 Å². The predicted octanol–water partition coefficient (Wildman–Crippen LogP) is 2.89. The summed E-state index contributed by atoms with van der Waals surface area (Å²) in [4.78, 5) is 2.68. The number of nitrogens with zero attached hydrogens (tertiary/aromatic N) is 1. The molecule has 17 heavy (non-hydrogen) atoms. The summed E-state index contributed by atoms with van der Waals surface area (Å²) in [5.41, 5.74) is 0.566. The van der Waals surface area contributed by atoms with Crippen LogP contribution in [0.1, 0.15) is 52.9 Å². The third-order valence-corrected chi connectivity index (χ3v) is 4.70. The summed E-state index contributed by atoms with van der Waals surface area (Å²) >= 11 is 0. The molecule has 0 bridgehead atoms. The Bertz CT molecular complexity index is 237. The zero-order valence-electron chi connectivity index (χ0n) is 12.0. The van der Waals surface area contributed by atoms with Gasteiger partial charge in [-0.1, -0.05) is 27.2 Å². The van der Waals surface area contributed by atoms with Gasteiger partial charge in [-0.2, -0.15) is 0 Å². The van der Waals surface area contributed by atoms with Crippen molar-refractivity contribution >= 4 is 0 Å². The van der Waals surface area contributed by atoms with Gasteiger partial charge in [0, 0.05) is 12.6 Å². The third kappa shape index (κ3) is 3.69. The molecule has 0 radical (unpaired) electrons. The lowest BCUT2D eigenvalue weighted by Gasteiger charge is -2.24. The Morgan fingerprint density at radius 3 is 2.76 bits per heavy atom. The molecule has 0 spiro atoms. The molecule has 1 N–H and O–H groups in total. The highest BCUT2D eigenvalue weighted by atomic mass is 15.1. The molecule has 1 aliphatic carbocycles. The highest BCUT2D eigenvalue weighted by molar-refractivity contribution is 4.86. The summed E-state index contributed by atoms with van der Waals surface area (Å²) in [7, 11) is 0. The van der Waals surface area contributed by atoms with Crippen LogP contribution in [0.4, 0.5) is 0 Å². The van der Waals surface area contributed by atoms with Crippen LogP contribution in [0.15, 0.2) is 0 Å². The standard InChI is InChI=1S/C15H30N2/c1-4-16-14-7-5-6-13(14)8-10-17-11-9-15(2,3)12-17/h13-14,16H,4-12H2,1-3H3. The first-order valence-electron chi connectivity index (χ1n) is 7.56. The van der Waals surface area contributed by atoms with Crippen molar-refractivity contribution in [3.05, 3.63) is 0 Å². The van der Waals surface area contributed by atoms with E-state index in [4.69, 9.17) is 0 Å². The molecule has 2 atom stereocenters. The topological polar surface area (TPSA) is 15.3 Å². The van der Waals surface area contributed by atoms with Gasteiger partial charge in [-0.3, -0.25) is 0 Å². The number of nitrogens with one attached hydrogen (secondary N) is 1. The van der Waals surface area contributed by atoms with E-state index in [-0.39, 0.29) is 0 Å². The summed E-state index contributed by atoms with van der Waals surface area (Å²) in [6, 6.07) is 0.815. The zero-order chi connectivity index (χ0) is 12.3. The second-order valence-corrected chi connectivity index (χ2v) is 6.83. The van der Waals surface area contributed by atoms with Gasteiger partial charge in [-0.15, -0.1) is 0 Å². The highest BCUT2D eigenvalue weighted by Crippen LogP contribution is 2.32. The lowest BCUT2D eigenvalue weighted by molar-refractivity contribution is 0.257. The van der Waals surface area contributed by atoms with Crippen molar-refractivity contribution in [1.82, 2.24) is 10.2 Å². The SMILES string of the molecule is CCNC1CCCC1CCN1CCC(C)(C)C1. The van der Waals surface area contributed by atoms with Crippen molar-refractivity contribution in [3.63, 3.8) is 0 Å². The van der Waals surface area contributed by atoms with Crippen molar-refractivity contribution in [2.45, 2.75) is 58.9 Å². The fraction of sp³-hybridized carbons (Fsp3) is 1.00. The van der Waals surface area contributed by atoms with Crippen LogP contribution in [-0.4, -0.2) is 37.1 Å². The molecule has 1 aliphatic heterocycles. The summed E-state index contributed by atoms with van der Waals surface area (Å²) < 4.78 is 0. The van der Waals surface area contributed by atoms with E-state index in [1.54, 1.807) is 0 Å². The van der Waals surface area contributed by atoms with E-state index >= 15 is 0 Å². The normalized spacial score (nSPS) is 33.4. The summed E-state index contributed by atoms with van der Waals surface area (Å²) in [6.45, 7) is 12.2. The van der Waals surface area contributed by atoms with Crippen LogP contribution in [-0.2, 0) is 0 Å². The van der Waals surface area contributed by atoms with Crippen LogP contribution in [0.5, 0.6) is 0 Å². The first kappa shape index (κ1) is 13.4. The van der Waals surface area contributed by atoms with E-state index in [0.29, 0.717) is 5.41 Å². The molecule has 1 heterocycles. The Hall–Kier alpha value is -0.0800. The van der Waals surface area contributed by atoms with Crippen LogP contribution < -0.4 is 5.32 Å². The Labute approximate surface area is 107 Å². The molecule has 2 heteroatoms. The van der Waals surface area contributed by atoms with Crippen LogP contribution in [0, 0.1) is 11.3 Å². The summed E-state index contributed by atoms with van der Waals surface area (Å²) in [6.07, 6.45) is 7.09. The molecule has 0 aromatic carbocycles. The van der Waals surface area contributed by atoms with E-state index in [2.05, 4.69) is 31.0 Å². The molecule has 0 aromatic heterocycles. The molecule has 2 aliphatic rings. The average molecular weight is 238 g/mol. The largest absolute Gasteiger partial charge is 0.314 e. The van der Waals surface area contributed by atoms with Crippen LogP contribution >= 0.6 is 0 Å². The van der Waals surface area contributed by atoms with Gasteiger partial charge >= 0.3 is 0 Å². The third-order valence-electron chi connectivity index (χ3n) is 4.70.